The molecule has 4 rings (SSSR count). The second-order valence-electron chi connectivity index (χ2n) is 6.65. The van der Waals surface area contributed by atoms with Gasteiger partial charge < -0.3 is 14.7 Å². The number of piperidine rings is 1. The van der Waals surface area contributed by atoms with E-state index in [0.717, 1.165) is 37.3 Å². The van der Waals surface area contributed by atoms with E-state index in [1.54, 1.807) is 30.5 Å². The summed E-state index contributed by atoms with van der Waals surface area (Å²) in [6, 6.07) is 9.93. The van der Waals surface area contributed by atoms with Gasteiger partial charge in [-0.1, -0.05) is 23.4 Å². The first kappa shape index (κ1) is 18.1. The van der Waals surface area contributed by atoms with E-state index >= 15 is 0 Å². The fourth-order valence-corrected chi connectivity index (χ4v) is 3.18. The predicted octanol–water partition coefficient (Wildman–Crippen LogP) is 3.19. The number of halogens is 1. The van der Waals surface area contributed by atoms with Crippen LogP contribution < -0.4 is 10.2 Å². The van der Waals surface area contributed by atoms with Gasteiger partial charge in [-0.05, 0) is 37.5 Å². The van der Waals surface area contributed by atoms with E-state index in [-0.39, 0.29) is 18.3 Å². The molecular weight excluding hydrogens is 361 g/mol. The van der Waals surface area contributed by atoms with Gasteiger partial charge in [-0.2, -0.15) is 4.98 Å². The molecule has 2 aromatic heterocycles. The third-order valence-electron chi connectivity index (χ3n) is 4.70. The van der Waals surface area contributed by atoms with E-state index in [1.165, 1.54) is 12.5 Å². The number of carbonyl (C=O) groups excluding carboxylic acids is 1. The number of nitrogens with zero attached hydrogens (tertiary/aromatic N) is 4. The summed E-state index contributed by atoms with van der Waals surface area (Å²) in [5.74, 6) is 0.0929. The SMILES string of the molecule is O=C(NCc1ccccc1F)c1nc(-c2ccnc(N3CCCCC3)c2)no1. The maximum atomic E-state index is 13.6. The zero-order valence-electron chi connectivity index (χ0n) is 15.3. The zero-order valence-corrected chi connectivity index (χ0v) is 15.3. The van der Waals surface area contributed by atoms with Gasteiger partial charge in [0.2, 0.25) is 5.82 Å². The van der Waals surface area contributed by atoms with Crippen molar-refractivity contribution in [1.82, 2.24) is 20.4 Å². The standard InChI is InChI=1S/C20H20FN5O2/c21-16-7-3-2-6-15(16)13-23-19(27)20-24-18(25-28-20)14-8-9-22-17(12-14)26-10-4-1-5-11-26/h2-3,6-9,12H,1,4-5,10-11,13H2,(H,23,27). The van der Waals surface area contributed by atoms with E-state index in [2.05, 4.69) is 25.3 Å². The van der Waals surface area contributed by atoms with Gasteiger partial charge in [-0.15, -0.1) is 0 Å². The first-order valence-electron chi connectivity index (χ1n) is 9.27. The molecule has 0 aliphatic carbocycles. The summed E-state index contributed by atoms with van der Waals surface area (Å²) in [4.78, 5) is 23.1. The van der Waals surface area contributed by atoms with Gasteiger partial charge in [0.1, 0.15) is 11.6 Å². The number of hydrogen-bond acceptors (Lipinski definition) is 6. The van der Waals surface area contributed by atoms with Crippen LogP contribution in [0.1, 0.15) is 35.5 Å². The molecule has 144 valence electrons. The Balaban J connectivity index is 1.45. The number of carbonyl (C=O) groups is 1. The molecular formula is C20H20FN5O2. The van der Waals surface area contributed by atoms with Crippen LogP contribution in [0.5, 0.6) is 0 Å². The van der Waals surface area contributed by atoms with Gasteiger partial charge in [0, 0.05) is 37.0 Å². The van der Waals surface area contributed by atoms with E-state index in [1.807, 2.05) is 6.07 Å². The quantitative estimate of drug-likeness (QED) is 0.731. The average molecular weight is 381 g/mol. The van der Waals surface area contributed by atoms with Crippen LogP contribution in [0.2, 0.25) is 0 Å². The molecule has 1 saturated heterocycles. The molecule has 1 aromatic carbocycles. The fourth-order valence-electron chi connectivity index (χ4n) is 3.18. The van der Waals surface area contributed by atoms with Gasteiger partial charge in [-0.25, -0.2) is 9.37 Å². The van der Waals surface area contributed by atoms with Crippen molar-refractivity contribution in [3.63, 3.8) is 0 Å². The molecule has 1 fully saturated rings. The smallest absolute Gasteiger partial charge is 0.316 e. The Bertz CT molecular complexity index is 968. The lowest BCUT2D eigenvalue weighted by atomic mass is 10.1. The number of benzene rings is 1. The molecule has 3 heterocycles. The van der Waals surface area contributed by atoms with Crippen molar-refractivity contribution in [1.29, 1.82) is 0 Å². The van der Waals surface area contributed by atoms with Gasteiger partial charge in [0.15, 0.2) is 0 Å². The van der Waals surface area contributed by atoms with Gasteiger partial charge in [0.05, 0.1) is 0 Å². The maximum absolute atomic E-state index is 13.6. The number of aromatic nitrogens is 3. The minimum Gasteiger partial charge on any atom is -0.357 e. The Morgan fingerprint density at radius 1 is 1.18 bits per heavy atom. The lowest BCUT2D eigenvalue weighted by molar-refractivity contribution is 0.0906. The van der Waals surface area contributed by atoms with Crippen molar-refractivity contribution in [2.45, 2.75) is 25.8 Å². The summed E-state index contributed by atoms with van der Waals surface area (Å²) < 4.78 is 18.7. The first-order valence-corrected chi connectivity index (χ1v) is 9.27. The monoisotopic (exact) mass is 381 g/mol. The van der Waals surface area contributed by atoms with Crippen LogP contribution in [-0.2, 0) is 6.54 Å². The number of anilines is 1. The van der Waals surface area contributed by atoms with Crippen LogP contribution in [0.15, 0.2) is 47.1 Å². The minimum absolute atomic E-state index is 0.0393. The van der Waals surface area contributed by atoms with Gasteiger partial charge in [0.25, 0.3) is 0 Å². The minimum atomic E-state index is -0.549. The number of nitrogens with one attached hydrogen (secondary N) is 1. The largest absolute Gasteiger partial charge is 0.357 e. The highest BCUT2D eigenvalue weighted by molar-refractivity contribution is 5.89. The fraction of sp³-hybridized carbons (Fsp3) is 0.300. The number of hydrogen-bond donors (Lipinski definition) is 1. The molecule has 0 unspecified atom stereocenters. The highest BCUT2D eigenvalue weighted by atomic mass is 19.1. The Kier molecular flexibility index (Phi) is 5.27. The second-order valence-corrected chi connectivity index (χ2v) is 6.65. The summed E-state index contributed by atoms with van der Waals surface area (Å²) >= 11 is 0. The van der Waals surface area contributed by atoms with Crippen molar-refractivity contribution in [2.24, 2.45) is 0 Å². The summed E-state index contributed by atoms with van der Waals surface area (Å²) in [6.07, 6.45) is 5.25. The molecule has 0 saturated carbocycles. The average Bonchev–Trinajstić information content (AvgIpc) is 3.24. The third kappa shape index (κ3) is 4.00. The van der Waals surface area contributed by atoms with Crippen molar-refractivity contribution < 1.29 is 13.7 Å². The Morgan fingerprint density at radius 2 is 2.00 bits per heavy atom. The molecule has 28 heavy (non-hydrogen) atoms. The van der Waals surface area contributed by atoms with Crippen LogP contribution in [0.3, 0.4) is 0 Å². The van der Waals surface area contributed by atoms with E-state index in [9.17, 15) is 9.18 Å². The van der Waals surface area contributed by atoms with Crippen molar-refractivity contribution in [3.8, 4) is 11.4 Å². The Morgan fingerprint density at radius 3 is 2.82 bits per heavy atom. The molecule has 0 radical (unpaired) electrons. The van der Waals surface area contributed by atoms with E-state index in [0.29, 0.717) is 11.4 Å². The number of amides is 1. The molecule has 1 aliphatic rings. The molecule has 0 atom stereocenters. The summed E-state index contributed by atoms with van der Waals surface area (Å²) in [5, 5.41) is 6.49. The topological polar surface area (TPSA) is 84.2 Å². The predicted molar refractivity (Wildman–Crippen MR) is 101 cm³/mol. The van der Waals surface area contributed by atoms with Gasteiger partial charge in [-0.3, -0.25) is 4.79 Å². The van der Waals surface area contributed by atoms with Crippen LogP contribution in [0.4, 0.5) is 10.2 Å². The summed E-state index contributed by atoms with van der Waals surface area (Å²) in [5.41, 5.74) is 1.11. The first-order chi connectivity index (χ1) is 13.7. The van der Waals surface area contributed by atoms with E-state index < -0.39 is 5.91 Å². The lowest BCUT2D eigenvalue weighted by Gasteiger charge is -2.27. The van der Waals surface area contributed by atoms with Crippen molar-refractivity contribution in [2.75, 3.05) is 18.0 Å². The normalized spacial score (nSPS) is 14.1. The van der Waals surface area contributed by atoms with Crippen LogP contribution in [0.25, 0.3) is 11.4 Å². The van der Waals surface area contributed by atoms with Crippen LogP contribution >= 0.6 is 0 Å². The molecule has 7 nitrogen and oxygen atoms in total. The van der Waals surface area contributed by atoms with Gasteiger partial charge >= 0.3 is 11.8 Å². The molecule has 0 bridgehead atoms. The van der Waals surface area contributed by atoms with Crippen LogP contribution in [-0.4, -0.2) is 34.1 Å². The Hall–Kier alpha value is -3.29. The number of pyridine rings is 1. The second kappa shape index (κ2) is 8.16. The zero-order chi connectivity index (χ0) is 19.3. The highest BCUT2D eigenvalue weighted by Gasteiger charge is 2.18. The molecule has 1 N–H and O–H groups in total. The number of rotatable bonds is 5. The van der Waals surface area contributed by atoms with Crippen molar-refractivity contribution >= 4 is 11.7 Å². The van der Waals surface area contributed by atoms with E-state index in [4.69, 9.17) is 4.52 Å². The maximum Gasteiger partial charge on any atom is 0.316 e. The molecule has 1 amide bonds. The lowest BCUT2D eigenvalue weighted by Crippen LogP contribution is -2.30. The van der Waals surface area contributed by atoms with Crippen LogP contribution in [0, 0.1) is 5.82 Å². The molecule has 1 aliphatic heterocycles. The summed E-state index contributed by atoms with van der Waals surface area (Å²) in [6.45, 7) is 2.00. The molecule has 3 aromatic rings. The third-order valence-corrected chi connectivity index (χ3v) is 4.70. The van der Waals surface area contributed by atoms with Crippen molar-refractivity contribution in [3.05, 3.63) is 59.9 Å². The summed E-state index contributed by atoms with van der Waals surface area (Å²) in [7, 11) is 0. The molecule has 0 spiro atoms. The highest BCUT2D eigenvalue weighted by Crippen LogP contribution is 2.23. The molecule has 8 heteroatoms. The Labute approximate surface area is 161 Å².